The number of nitrogens with zero attached hydrogens (tertiary/aromatic N) is 2. The van der Waals surface area contributed by atoms with Gasteiger partial charge < -0.3 is 25.8 Å². The third-order valence-corrected chi connectivity index (χ3v) is 9.27. The van der Waals surface area contributed by atoms with Gasteiger partial charge in [-0.2, -0.15) is 0 Å². The van der Waals surface area contributed by atoms with Gasteiger partial charge in [0.05, 0.1) is 11.6 Å². The van der Waals surface area contributed by atoms with Gasteiger partial charge in [-0.05, 0) is 58.7 Å². The van der Waals surface area contributed by atoms with Crippen molar-refractivity contribution in [3.8, 4) is 24.2 Å². The summed E-state index contributed by atoms with van der Waals surface area (Å²) in [5.74, 6) is 12.0. The zero-order valence-corrected chi connectivity index (χ0v) is 28.2. The van der Waals surface area contributed by atoms with E-state index in [4.69, 9.17) is 6.42 Å². The van der Waals surface area contributed by atoms with Crippen LogP contribution >= 0.6 is 24.5 Å². The van der Waals surface area contributed by atoms with Gasteiger partial charge in [-0.3, -0.25) is 9.59 Å². The molecular formula is C34H47BrN5O2P. The fourth-order valence-electron chi connectivity index (χ4n) is 5.37. The number of nitrogens with one attached hydrogen (secondary N) is 3. The monoisotopic (exact) mass is 667 g/mol. The molecule has 0 bridgehead atoms. The number of hydrogen-bond donors (Lipinski definition) is 3. The van der Waals surface area contributed by atoms with Gasteiger partial charge in [0.1, 0.15) is 5.54 Å². The standard InChI is InChI=1S/C34H47BrN5O2P/c1-5-7-17-36-27(3)32(41)38-34(4,6-2)25-30(35)11-8-18-37-31-14-21-40(22-15-31)33(42)29-12-19-39(20-13-29)26-28-10-9-23-43-24-16-28/h2,5,7-8,11,16,24-25,28-29,31,36-37,43H,3,12-15,17-23,26H2,1,4H3,(H,38,41)/b7-5-,11-8-,30-25+. The van der Waals surface area contributed by atoms with E-state index >= 15 is 0 Å². The predicted octanol–water partition coefficient (Wildman–Crippen LogP) is 4.13. The first-order valence-electron chi connectivity index (χ1n) is 15.2. The fourth-order valence-corrected chi connectivity index (χ4v) is 6.70. The Morgan fingerprint density at radius 3 is 2.63 bits per heavy atom. The van der Waals surface area contributed by atoms with E-state index < -0.39 is 5.54 Å². The van der Waals surface area contributed by atoms with Crippen LogP contribution in [0.2, 0.25) is 0 Å². The van der Waals surface area contributed by atoms with Gasteiger partial charge in [0.2, 0.25) is 5.91 Å². The van der Waals surface area contributed by atoms with E-state index in [-0.39, 0.29) is 17.5 Å². The number of carbonyl (C=O) groups is 2. The van der Waals surface area contributed by atoms with E-state index in [0.717, 1.165) is 77.6 Å². The van der Waals surface area contributed by atoms with Crippen LogP contribution in [0.25, 0.3) is 0 Å². The molecular weight excluding hydrogens is 621 g/mol. The smallest absolute Gasteiger partial charge is 0.268 e. The van der Waals surface area contributed by atoms with Crippen LogP contribution in [0.15, 0.2) is 59.0 Å². The maximum Gasteiger partial charge on any atom is 0.268 e. The molecule has 3 atom stereocenters. The molecule has 3 N–H and O–H groups in total. The van der Waals surface area contributed by atoms with Crippen LogP contribution in [0.3, 0.4) is 0 Å². The van der Waals surface area contributed by atoms with Crippen molar-refractivity contribution in [2.24, 2.45) is 11.8 Å². The van der Waals surface area contributed by atoms with Crippen LogP contribution in [0.4, 0.5) is 0 Å². The first-order valence-corrected chi connectivity index (χ1v) is 17.3. The second-order valence-electron chi connectivity index (χ2n) is 11.4. The van der Waals surface area contributed by atoms with Crippen molar-refractivity contribution in [1.29, 1.82) is 0 Å². The zero-order chi connectivity index (χ0) is 31.1. The van der Waals surface area contributed by atoms with Crippen molar-refractivity contribution in [3.05, 3.63) is 59.0 Å². The molecule has 3 heterocycles. The van der Waals surface area contributed by atoms with Gasteiger partial charge >= 0.3 is 0 Å². The van der Waals surface area contributed by atoms with Crippen molar-refractivity contribution < 1.29 is 9.59 Å². The van der Waals surface area contributed by atoms with Gasteiger partial charge in [0.25, 0.3) is 5.91 Å². The Morgan fingerprint density at radius 2 is 1.93 bits per heavy atom. The molecule has 3 aliphatic heterocycles. The minimum atomic E-state index is -0.976. The molecule has 3 rings (SSSR count). The molecule has 3 aliphatic rings. The number of terminal acetylenes is 1. The lowest BCUT2D eigenvalue weighted by Crippen LogP contribution is -2.48. The normalized spacial score (nSPS) is 22.5. The molecule has 7 nitrogen and oxygen atoms in total. The molecule has 2 amide bonds. The average Bonchev–Trinajstić information content (AvgIpc) is 3.28. The zero-order valence-electron chi connectivity index (χ0n) is 25.6. The van der Waals surface area contributed by atoms with Crippen molar-refractivity contribution >= 4 is 36.3 Å². The highest BCUT2D eigenvalue weighted by Crippen LogP contribution is 2.24. The maximum absolute atomic E-state index is 13.2. The van der Waals surface area contributed by atoms with Crippen molar-refractivity contribution in [2.45, 2.75) is 51.1 Å². The second-order valence-corrected chi connectivity index (χ2v) is 13.4. The molecule has 43 heavy (non-hydrogen) atoms. The van der Waals surface area contributed by atoms with Crippen LogP contribution in [-0.2, 0) is 9.59 Å². The summed E-state index contributed by atoms with van der Waals surface area (Å²) in [6.45, 7) is 13.2. The van der Waals surface area contributed by atoms with Crippen LogP contribution in [0.1, 0.15) is 39.5 Å². The SMILES string of the molecule is C#CC(C)(/C=C(Br)\C=C/CNC1CCN(C(=O)C2CCN(CC3C#CCPC=C3)CC2)CC1)NC(=O)C(=C)NC/C=C\C. The van der Waals surface area contributed by atoms with E-state index in [1.165, 1.54) is 0 Å². The molecule has 9 heteroatoms. The minimum Gasteiger partial charge on any atom is -0.378 e. The first kappa shape index (κ1) is 34.9. The quantitative estimate of drug-likeness (QED) is 0.0906. The third-order valence-electron chi connectivity index (χ3n) is 7.97. The fraction of sp³-hybridized carbons (Fsp3) is 0.529. The molecule has 0 saturated carbocycles. The average molecular weight is 669 g/mol. The topological polar surface area (TPSA) is 76.7 Å². The van der Waals surface area contributed by atoms with Gasteiger partial charge in [0.15, 0.2) is 0 Å². The minimum absolute atomic E-state index is 0.149. The molecule has 2 saturated heterocycles. The molecule has 3 unspecified atom stereocenters. The summed E-state index contributed by atoms with van der Waals surface area (Å²) >= 11 is 3.55. The highest BCUT2D eigenvalue weighted by Gasteiger charge is 2.31. The summed E-state index contributed by atoms with van der Waals surface area (Å²) in [7, 11) is 0.822. The predicted molar refractivity (Wildman–Crippen MR) is 184 cm³/mol. The van der Waals surface area contributed by atoms with Crippen LogP contribution < -0.4 is 16.0 Å². The van der Waals surface area contributed by atoms with Crippen LogP contribution in [0, 0.1) is 36.0 Å². The summed E-state index contributed by atoms with van der Waals surface area (Å²) < 4.78 is 0.771. The van der Waals surface area contributed by atoms with Crippen LogP contribution in [0.5, 0.6) is 0 Å². The number of amides is 2. The third kappa shape index (κ3) is 12.1. The van der Waals surface area contributed by atoms with Crippen molar-refractivity contribution in [2.75, 3.05) is 52.0 Å². The Hall–Kier alpha value is -2.61. The first-order chi connectivity index (χ1) is 20.7. The highest BCUT2D eigenvalue weighted by molar-refractivity contribution is 9.11. The van der Waals surface area contributed by atoms with E-state index in [2.05, 4.69) is 77.9 Å². The van der Waals surface area contributed by atoms with Gasteiger partial charge in [-0.15, -0.1) is 6.42 Å². The number of rotatable bonds is 13. The Morgan fingerprint density at radius 1 is 1.19 bits per heavy atom. The highest BCUT2D eigenvalue weighted by atomic mass is 79.9. The Bertz CT molecular complexity index is 1190. The van der Waals surface area contributed by atoms with Gasteiger partial charge in [-0.25, -0.2) is 0 Å². The number of piperidine rings is 2. The molecule has 0 aromatic carbocycles. The van der Waals surface area contributed by atoms with Gasteiger partial charge in [-0.1, -0.05) is 85.0 Å². The molecule has 2 fully saturated rings. The lowest BCUT2D eigenvalue weighted by Gasteiger charge is -2.37. The summed E-state index contributed by atoms with van der Waals surface area (Å²) in [4.78, 5) is 30.2. The lowest BCUT2D eigenvalue weighted by molar-refractivity contribution is -0.138. The summed E-state index contributed by atoms with van der Waals surface area (Å²) in [5.41, 5.74) is -0.716. The van der Waals surface area contributed by atoms with E-state index in [0.29, 0.717) is 31.0 Å². The molecule has 232 valence electrons. The van der Waals surface area contributed by atoms with Crippen LogP contribution in [-0.4, -0.2) is 85.2 Å². The lowest BCUT2D eigenvalue weighted by atomic mass is 9.93. The maximum atomic E-state index is 13.2. The summed E-state index contributed by atoms with van der Waals surface area (Å²) in [6, 6.07) is 0.379. The largest absolute Gasteiger partial charge is 0.378 e. The summed E-state index contributed by atoms with van der Waals surface area (Å²) in [6.07, 6.45) is 22.3. The number of carbonyl (C=O) groups excluding carboxylic acids is 2. The van der Waals surface area contributed by atoms with Crippen molar-refractivity contribution in [1.82, 2.24) is 25.8 Å². The number of hydrogen-bond acceptors (Lipinski definition) is 5. The molecule has 0 aromatic rings. The number of allylic oxidation sites excluding steroid dienone is 3. The Labute approximate surface area is 269 Å². The molecule has 0 aromatic heterocycles. The van der Waals surface area contributed by atoms with E-state index in [1.54, 1.807) is 13.0 Å². The van der Waals surface area contributed by atoms with E-state index in [9.17, 15) is 9.59 Å². The van der Waals surface area contributed by atoms with Crippen molar-refractivity contribution in [3.63, 3.8) is 0 Å². The second kappa shape index (κ2) is 18.3. The number of halogens is 1. The molecule has 0 radical (unpaired) electrons. The number of likely N-dealkylation sites (tertiary alicyclic amines) is 2. The van der Waals surface area contributed by atoms with Gasteiger partial charge in [0, 0.05) is 55.3 Å². The molecule has 0 spiro atoms. The molecule has 0 aliphatic carbocycles. The summed E-state index contributed by atoms with van der Waals surface area (Å²) in [5, 5.41) is 9.38. The Kier molecular flexibility index (Phi) is 14.8. The van der Waals surface area contributed by atoms with E-state index in [1.807, 2.05) is 31.2 Å². The Balaban J connectivity index is 1.35.